The van der Waals surface area contributed by atoms with Gasteiger partial charge in [-0.05, 0) is 42.5 Å². The van der Waals surface area contributed by atoms with Crippen LogP contribution < -0.4 is 10.6 Å². The summed E-state index contributed by atoms with van der Waals surface area (Å²) in [7, 11) is 0. The van der Waals surface area contributed by atoms with E-state index in [4.69, 9.17) is 9.72 Å². The number of aromatic nitrogens is 1. The molecule has 0 spiro atoms. The van der Waals surface area contributed by atoms with Crippen LogP contribution in [0.5, 0.6) is 0 Å². The Kier molecular flexibility index (Phi) is 6.06. The molecule has 4 rings (SSSR count). The first-order chi connectivity index (χ1) is 14.2. The molecule has 1 amide bonds. The number of hydrogen-bond acceptors (Lipinski definition) is 4. The van der Waals surface area contributed by atoms with E-state index in [9.17, 15) is 4.79 Å². The number of hydrogen-bond donors (Lipinski definition) is 2. The van der Waals surface area contributed by atoms with E-state index < -0.39 is 0 Å². The fraction of sp³-hybridized carbons (Fsp3) is 0.333. The van der Waals surface area contributed by atoms with Crippen molar-refractivity contribution >= 4 is 22.6 Å². The maximum Gasteiger partial charge on any atom is 0.252 e. The van der Waals surface area contributed by atoms with Crippen molar-refractivity contribution < 1.29 is 9.53 Å². The van der Waals surface area contributed by atoms with Gasteiger partial charge >= 0.3 is 0 Å². The zero-order chi connectivity index (χ0) is 20.1. The first kappa shape index (κ1) is 19.4. The minimum absolute atomic E-state index is 0.0254. The number of anilines is 1. The van der Waals surface area contributed by atoms with Gasteiger partial charge in [0.15, 0.2) is 0 Å². The Hall–Kier alpha value is -2.92. The highest BCUT2D eigenvalue weighted by atomic mass is 16.5. The molecule has 0 radical (unpaired) electrons. The van der Waals surface area contributed by atoms with Crippen molar-refractivity contribution in [3.05, 3.63) is 71.3 Å². The number of carbonyl (C=O) groups is 1. The molecule has 2 aromatic carbocycles. The first-order valence-electron chi connectivity index (χ1n) is 10.3. The molecule has 0 bridgehead atoms. The van der Waals surface area contributed by atoms with Crippen LogP contribution in [0.2, 0.25) is 0 Å². The number of pyridine rings is 1. The lowest BCUT2D eigenvalue weighted by atomic mass is 10.1. The second-order valence-corrected chi connectivity index (χ2v) is 7.49. The van der Waals surface area contributed by atoms with Gasteiger partial charge in [0.05, 0.1) is 17.7 Å². The van der Waals surface area contributed by atoms with Gasteiger partial charge in [0, 0.05) is 24.6 Å². The molecule has 29 heavy (non-hydrogen) atoms. The van der Waals surface area contributed by atoms with Crippen molar-refractivity contribution in [3.8, 4) is 0 Å². The third-order valence-corrected chi connectivity index (χ3v) is 5.06. The highest BCUT2D eigenvalue weighted by molar-refractivity contribution is 6.07. The van der Waals surface area contributed by atoms with Crippen molar-refractivity contribution in [2.45, 2.75) is 45.4 Å². The van der Waals surface area contributed by atoms with E-state index in [2.05, 4.69) is 29.7 Å². The summed E-state index contributed by atoms with van der Waals surface area (Å²) in [6.07, 6.45) is 3.14. The predicted octanol–water partition coefficient (Wildman–Crippen LogP) is 4.67. The van der Waals surface area contributed by atoms with Crippen molar-refractivity contribution in [2.24, 2.45) is 0 Å². The fourth-order valence-corrected chi connectivity index (χ4v) is 3.33. The summed E-state index contributed by atoms with van der Waals surface area (Å²) in [6.45, 7) is 4.09. The van der Waals surface area contributed by atoms with Gasteiger partial charge in [-0.2, -0.15) is 0 Å². The molecule has 2 N–H and O–H groups in total. The van der Waals surface area contributed by atoms with Crippen LogP contribution in [0.1, 0.15) is 47.7 Å². The molecule has 150 valence electrons. The summed E-state index contributed by atoms with van der Waals surface area (Å²) in [5, 5.41) is 7.37. The normalized spacial score (nSPS) is 13.4. The lowest BCUT2D eigenvalue weighted by Gasteiger charge is -2.13. The van der Waals surface area contributed by atoms with Crippen LogP contribution in [-0.4, -0.2) is 23.5 Å². The molecule has 0 unspecified atom stereocenters. The maximum atomic E-state index is 12.8. The molecule has 1 saturated carbocycles. The van der Waals surface area contributed by atoms with E-state index in [0.717, 1.165) is 36.8 Å². The predicted molar refractivity (Wildman–Crippen MR) is 116 cm³/mol. The Morgan fingerprint density at radius 1 is 1.10 bits per heavy atom. The summed E-state index contributed by atoms with van der Waals surface area (Å²) in [5.74, 6) is 0.677. The number of para-hydroxylation sites is 1. The second kappa shape index (κ2) is 9.05. The van der Waals surface area contributed by atoms with Gasteiger partial charge in [-0.1, -0.05) is 49.4 Å². The van der Waals surface area contributed by atoms with E-state index in [1.807, 2.05) is 42.5 Å². The molecule has 1 heterocycles. The molecule has 5 heteroatoms. The number of fused-ring (bicyclic) bond motifs is 1. The van der Waals surface area contributed by atoms with E-state index >= 15 is 0 Å². The first-order valence-corrected chi connectivity index (χ1v) is 10.3. The highest BCUT2D eigenvalue weighted by Crippen LogP contribution is 2.24. The molecular weight excluding hydrogens is 362 g/mol. The van der Waals surface area contributed by atoms with Crippen LogP contribution in [-0.2, 0) is 17.9 Å². The number of benzene rings is 2. The molecule has 1 fully saturated rings. The minimum Gasteiger partial charge on any atom is -0.377 e. The number of nitrogens with one attached hydrogen (secondary N) is 2. The second-order valence-electron chi connectivity index (χ2n) is 7.49. The number of amides is 1. The Balaban J connectivity index is 1.55. The number of rotatable bonds is 9. The van der Waals surface area contributed by atoms with Crippen LogP contribution in [0.4, 0.5) is 5.82 Å². The zero-order valence-corrected chi connectivity index (χ0v) is 16.8. The number of carbonyl (C=O) groups excluding carboxylic acids is 1. The average molecular weight is 389 g/mol. The Morgan fingerprint density at radius 2 is 1.86 bits per heavy atom. The standard InChI is InChI=1S/C24H27N3O2/c1-2-13-29-16-18-8-4-3-7-17(18)15-25-23-14-21(24(28)26-19-11-12-19)20-9-5-6-10-22(20)27-23/h3-10,14,19H,2,11-13,15-16H2,1H3,(H,25,27)(H,26,28). The molecule has 3 aromatic rings. The monoisotopic (exact) mass is 389 g/mol. The quantitative estimate of drug-likeness (QED) is 0.522. The van der Waals surface area contributed by atoms with E-state index in [0.29, 0.717) is 30.6 Å². The number of nitrogens with zero attached hydrogens (tertiary/aromatic N) is 1. The molecule has 0 aliphatic heterocycles. The zero-order valence-electron chi connectivity index (χ0n) is 16.8. The van der Waals surface area contributed by atoms with Gasteiger partial charge < -0.3 is 15.4 Å². The Bertz CT molecular complexity index is 998. The van der Waals surface area contributed by atoms with Crippen LogP contribution >= 0.6 is 0 Å². The lowest BCUT2D eigenvalue weighted by molar-refractivity contribution is 0.0952. The molecule has 0 atom stereocenters. The summed E-state index contributed by atoms with van der Waals surface area (Å²) in [5.41, 5.74) is 3.83. The topological polar surface area (TPSA) is 63.2 Å². The molecular formula is C24H27N3O2. The van der Waals surface area contributed by atoms with Crippen molar-refractivity contribution in [1.82, 2.24) is 10.3 Å². The molecule has 5 nitrogen and oxygen atoms in total. The van der Waals surface area contributed by atoms with Gasteiger partial charge in [0.1, 0.15) is 5.82 Å². The summed E-state index contributed by atoms with van der Waals surface area (Å²) in [6, 6.07) is 18.2. The van der Waals surface area contributed by atoms with Gasteiger partial charge in [-0.15, -0.1) is 0 Å². The minimum atomic E-state index is -0.0254. The van der Waals surface area contributed by atoms with Gasteiger partial charge in [0.2, 0.25) is 0 Å². The molecule has 1 aliphatic carbocycles. The van der Waals surface area contributed by atoms with Crippen molar-refractivity contribution in [3.63, 3.8) is 0 Å². The Morgan fingerprint density at radius 3 is 2.66 bits per heavy atom. The summed E-state index contributed by atoms with van der Waals surface area (Å²) >= 11 is 0. The SMILES string of the molecule is CCCOCc1ccccc1CNc1cc(C(=O)NC2CC2)c2ccccc2n1. The smallest absolute Gasteiger partial charge is 0.252 e. The Labute approximate surface area is 171 Å². The van der Waals surface area contributed by atoms with Crippen molar-refractivity contribution in [1.29, 1.82) is 0 Å². The third-order valence-electron chi connectivity index (χ3n) is 5.06. The van der Waals surface area contributed by atoms with Gasteiger partial charge in [0.25, 0.3) is 5.91 Å². The fourth-order valence-electron chi connectivity index (χ4n) is 3.33. The van der Waals surface area contributed by atoms with Crippen LogP contribution in [0, 0.1) is 0 Å². The summed E-state index contributed by atoms with van der Waals surface area (Å²) < 4.78 is 5.72. The third kappa shape index (κ3) is 4.93. The summed E-state index contributed by atoms with van der Waals surface area (Å²) in [4.78, 5) is 17.5. The van der Waals surface area contributed by atoms with Gasteiger partial charge in [-0.25, -0.2) is 4.98 Å². The van der Waals surface area contributed by atoms with Gasteiger partial charge in [-0.3, -0.25) is 4.79 Å². The lowest BCUT2D eigenvalue weighted by Crippen LogP contribution is -2.25. The number of ether oxygens (including phenoxy) is 1. The van der Waals surface area contributed by atoms with Crippen LogP contribution in [0.25, 0.3) is 10.9 Å². The molecule has 1 aromatic heterocycles. The van der Waals surface area contributed by atoms with E-state index in [1.54, 1.807) is 0 Å². The van der Waals surface area contributed by atoms with Crippen LogP contribution in [0.3, 0.4) is 0 Å². The molecule has 1 aliphatic rings. The van der Waals surface area contributed by atoms with E-state index in [1.165, 1.54) is 11.1 Å². The maximum absolute atomic E-state index is 12.8. The molecule has 0 saturated heterocycles. The van der Waals surface area contributed by atoms with Crippen molar-refractivity contribution in [2.75, 3.05) is 11.9 Å². The average Bonchev–Trinajstić information content (AvgIpc) is 3.56. The highest BCUT2D eigenvalue weighted by Gasteiger charge is 2.25. The van der Waals surface area contributed by atoms with Crippen LogP contribution in [0.15, 0.2) is 54.6 Å². The largest absolute Gasteiger partial charge is 0.377 e. The van der Waals surface area contributed by atoms with E-state index in [-0.39, 0.29) is 5.91 Å².